The van der Waals surface area contributed by atoms with E-state index >= 15 is 0 Å². The summed E-state index contributed by atoms with van der Waals surface area (Å²) < 4.78 is 15.2. The Hall–Kier alpha value is -2.71. The van der Waals surface area contributed by atoms with Crippen LogP contribution in [0.3, 0.4) is 0 Å². The number of thioether (sulfide) groups is 1. The highest BCUT2D eigenvalue weighted by Gasteiger charge is 2.24. The zero-order chi connectivity index (χ0) is 20.1. The van der Waals surface area contributed by atoms with Crippen LogP contribution in [0.25, 0.3) is 32.2 Å². The second-order valence-electron chi connectivity index (χ2n) is 6.98. The number of hydrogen-bond donors (Lipinski definition) is 2. The van der Waals surface area contributed by atoms with Gasteiger partial charge >= 0.3 is 0 Å². The first-order valence-electron chi connectivity index (χ1n) is 9.16. The summed E-state index contributed by atoms with van der Waals surface area (Å²) in [6.07, 6.45) is 3.44. The molecule has 1 aliphatic heterocycles. The molecule has 146 valence electrons. The monoisotopic (exact) mass is 424 g/mol. The maximum Gasteiger partial charge on any atom is 0.263 e. The van der Waals surface area contributed by atoms with Crippen LogP contribution in [-0.4, -0.2) is 34.7 Å². The standard InChI is InChI=1S/C21H17FN4OS2/c1-10-8-23-18-17-12-3-4-14(11-7-13(22)21(28-2)24-9-11)26-15(12)5-6-16(17)29-19(18)20(27)25-10/h3-7,9-10,23H,8H2,1-2H3,(H,25,27)/t10-/m1/s1. The first-order valence-corrected chi connectivity index (χ1v) is 11.2. The smallest absolute Gasteiger partial charge is 0.263 e. The summed E-state index contributed by atoms with van der Waals surface area (Å²) >= 11 is 2.75. The van der Waals surface area contributed by atoms with Gasteiger partial charge in [-0.1, -0.05) is 0 Å². The van der Waals surface area contributed by atoms with Gasteiger partial charge < -0.3 is 10.6 Å². The summed E-state index contributed by atoms with van der Waals surface area (Å²) in [6, 6.07) is 9.32. The second kappa shape index (κ2) is 6.96. The van der Waals surface area contributed by atoms with E-state index in [9.17, 15) is 9.18 Å². The zero-order valence-corrected chi connectivity index (χ0v) is 17.4. The lowest BCUT2D eigenvalue weighted by Gasteiger charge is -2.10. The molecule has 0 saturated carbocycles. The van der Waals surface area contributed by atoms with Crippen LogP contribution in [0.4, 0.5) is 10.1 Å². The van der Waals surface area contributed by atoms with E-state index in [0.717, 1.165) is 26.7 Å². The predicted molar refractivity (Wildman–Crippen MR) is 118 cm³/mol. The van der Waals surface area contributed by atoms with E-state index in [1.807, 2.05) is 31.2 Å². The lowest BCUT2D eigenvalue weighted by atomic mass is 10.1. The SMILES string of the molecule is CSc1ncc(-c2ccc3c(ccc4sc5c(c43)NC[C@@H](C)NC5=O)n2)cc1F. The highest BCUT2D eigenvalue weighted by molar-refractivity contribution is 7.98. The number of benzene rings is 1. The van der Waals surface area contributed by atoms with Gasteiger partial charge in [0.1, 0.15) is 9.90 Å². The molecule has 1 amide bonds. The molecule has 0 aliphatic carbocycles. The molecule has 2 N–H and O–H groups in total. The van der Waals surface area contributed by atoms with Crippen LogP contribution in [0.15, 0.2) is 41.6 Å². The molecule has 29 heavy (non-hydrogen) atoms. The number of pyridine rings is 2. The summed E-state index contributed by atoms with van der Waals surface area (Å²) in [6.45, 7) is 2.64. The molecule has 0 fully saturated rings. The fraction of sp³-hybridized carbons (Fsp3) is 0.190. The van der Waals surface area contributed by atoms with Crippen molar-refractivity contribution < 1.29 is 9.18 Å². The molecular formula is C21H17FN4OS2. The van der Waals surface area contributed by atoms with Crippen LogP contribution >= 0.6 is 23.1 Å². The molecule has 3 aromatic heterocycles. The average molecular weight is 425 g/mol. The number of carbonyl (C=O) groups is 1. The molecule has 0 bridgehead atoms. The largest absolute Gasteiger partial charge is 0.381 e. The Bertz CT molecular complexity index is 1290. The molecule has 5 rings (SSSR count). The Kier molecular flexibility index (Phi) is 4.40. The molecule has 0 spiro atoms. The van der Waals surface area contributed by atoms with Crippen molar-refractivity contribution in [3.05, 3.63) is 47.2 Å². The van der Waals surface area contributed by atoms with Crippen LogP contribution in [-0.2, 0) is 0 Å². The first kappa shape index (κ1) is 18.3. The Labute approximate surface area is 174 Å². The summed E-state index contributed by atoms with van der Waals surface area (Å²) in [7, 11) is 0. The molecule has 1 aliphatic rings. The maximum absolute atomic E-state index is 14.2. The number of nitrogens with zero attached hydrogens (tertiary/aromatic N) is 2. The van der Waals surface area contributed by atoms with Gasteiger partial charge in [0.15, 0.2) is 5.82 Å². The number of carbonyl (C=O) groups excluding carboxylic acids is 1. The number of rotatable bonds is 2. The van der Waals surface area contributed by atoms with Crippen molar-refractivity contribution in [3.63, 3.8) is 0 Å². The van der Waals surface area contributed by atoms with E-state index in [2.05, 4.69) is 15.6 Å². The topological polar surface area (TPSA) is 66.9 Å². The molecule has 1 aromatic carbocycles. The second-order valence-corrected chi connectivity index (χ2v) is 8.83. The summed E-state index contributed by atoms with van der Waals surface area (Å²) in [4.78, 5) is 22.2. The Balaban J connectivity index is 1.67. The van der Waals surface area contributed by atoms with Crippen molar-refractivity contribution in [1.82, 2.24) is 15.3 Å². The van der Waals surface area contributed by atoms with Gasteiger partial charge in [0.2, 0.25) is 0 Å². The minimum atomic E-state index is -0.347. The van der Waals surface area contributed by atoms with Crippen molar-refractivity contribution in [2.24, 2.45) is 0 Å². The molecule has 0 radical (unpaired) electrons. The minimum Gasteiger partial charge on any atom is -0.381 e. The van der Waals surface area contributed by atoms with Crippen molar-refractivity contribution in [2.45, 2.75) is 18.0 Å². The van der Waals surface area contributed by atoms with E-state index in [-0.39, 0.29) is 17.8 Å². The van der Waals surface area contributed by atoms with Gasteiger partial charge in [-0.15, -0.1) is 23.1 Å². The fourth-order valence-corrected chi connectivity index (χ4v) is 5.11. The van der Waals surface area contributed by atoms with Crippen LogP contribution in [0.2, 0.25) is 0 Å². The van der Waals surface area contributed by atoms with Crippen molar-refractivity contribution in [2.75, 3.05) is 18.1 Å². The minimum absolute atomic E-state index is 0.0492. The van der Waals surface area contributed by atoms with Crippen LogP contribution in [0.1, 0.15) is 16.6 Å². The highest BCUT2D eigenvalue weighted by Crippen LogP contribution is 2.41. The van der Waals surface area contributed by atoms with E-state index in [1.165, 1.54) is 29.2 Å². The molecule has 1 atom stereocenters. The number of nitrogens with one attached hydrogen (secondary N) is 2. The van der Waals surface area contributed by atoms with Crippen LogP contribution < -0.4 is 10.6 Å². The molecular weight excluding hydrogens is 407 g/mol. The molecule has 0 unspecified atom stereocenters. The molecule has 5 nitrogen and oxygen atoms in total. The van der Waals surface area contributed by atoms with Gasteiger partial charge in [0.25, 0.3) is 5.91 Å². The van der Waals surface area contributed by atoms with Gasteiger partial charge in [-0.3, -0.25) is 4.79 Å². The van der Waals surface area contributed by atoms with Gasteiger partial charge in [-0.2, -0.15) is 0 Å². The van der Waals surface area contributed by atoms with E-state index < -0.39 is 0 Å². The maximum atomic E-state index is 14.2. The van der Waals surface area contributed by atoms with Crippen molar-refractivity contribution in [1.29, 1.82) is 0 Å². The number of thiophene rings is 1. The number of aromatic nitrogens is 2. The van der Waals surface area contributed by atoms with Gasteiger partial charge in [-0.25, -0.2) is 14.4 Å². The number of fused-ring (bicyclic) bond motifs is 5. The van der Waals surface area contributed by atoms with Gasteiger partial charge in [0.05, 0.1) is 16.9 Å². The third-order valence-corrected chi connectivity index (χ3v) is 6.83. The quantitative estimate of drug-likeness (QED) is 0.447. The summed E-state index contributed by atoms with van der Waals surface area (Å²) in [5, 5.41) is 8.77. The molecule has 0 saturated heterocycles. The lowest BCUT2D eigenvalue weighted by molar-refractivity contribution is 0.0949. The van der Waals surface area contributed by atoms with Gasteiger partial charge in [0, 0.05) is 39.8 Å². The Morgan fingerprint density at radius 1 is 1.28 bits per heavy atom. The molecule has 8 heteroatoms. The Morgan fingerprint density at radius 3 is 2.93 bits per heavy atom. The number of amides is 1. The number of hydrogen-bond acceptors (Lipinski definition) is 6. The van der Waals surface area contributed by atoms with Crippen LogP contribution in [0.5, 0.6) is 0 Å². The van der Waals surface area contributed by atoms with Gasteiger partial charge in [-0.05, 0) is 43.5 Å². The van der Waals surface area contributed by atoms with Crippen LogP contribution in [0, 0.1) is 5.82 Å². The zero-order valence-electron chi connectivity index (χ0n) is 15.7. The van der Waals surface area contributed by atoms with E-state index in [1.54, 1.807) is 12.5 Å². The summed E-state index contributed by atoms with van der Waals surface area (Å²) in [5.74, 6) is -0.397. The number of halogens is 1. The van der Waals surface area contributed by atoms with E-state index in [4.69, 9.17) is 4.98 Å². The predicted octanol–water partition coefficient (Wildman–Crippen LogP) is 4.92. The normalized spacial score (nSPS) is 16.4. The van der Waals surface area contributed by atoms with E-state index in [0.29, 0.717) is 27.7 Å². The highest BCUT2D eigenvalue weighted by atomic mass is 32.2. The third kappa shape index (κ3) is 3.03. The molecule has 4 heterocycles. The van der Waals surface area contributed by atoms with Crippen molar-refractivity contribution in [3.8, 4) is 11.3 Å². The van der Waals surface area contributed by atoms with Crippen molar-refractivity contribution >= 4 is 55.7 Å². The third-order valence-electron chi connectivity index (χ3n) is 4.99. The molecule has 4 aromatic rings. The Morgan fingerprint density at radius 2 is 2.14 bits per heavy atom. The first-order chi connectivity index (χ1) is 14.0. The summed E-state index contributed by atoms with van der Waals surface area (Å²) in [5.41, 5.74) is 2.96. The number of anilines is 1. The average Bonchev–Trinajstić information content (AvgIpc) is 3.04. The lowest BCUT2D eigenvalue weighted by Crippen LogP contribution is -2.34. The fourth-order valence-electron chi connectivity index (χ4n) is 3.60.